The fraction of sp³-hybridized carbons (Fsp3) is 0.467. The molecule has 1 aliphatic rings. The molecule has 0 heterocycles. The highest BCUT2D eigenvalue weighted by Gasteiger charge is 2.23. The van der Waals surface area contributed by atoms with Gasteiger partial charge in [0.25, 0.3) is 0 Å². The van der Waals surface area contributed by atoms with E-state index < -0.39 is 5.92 Å². The third-order valence-corrected chi connectivity index (χ3v) is 3.53. The van der Waals surface area contributed by atoms with Crippen molar-refractivity contribution in [3.05, 3.63) is 35.9 Å². The molecule has 18 heavy (non-hydrogen) atoms. The summed E-state index contributed by atoms with van der Waals surface area (Å²) >= 11 is 0. The highest BCUT2D eigenvalue weighted by molar-refractivity contribution is 5.97. The molecule has 0 bridgehead atoms. The predicted octanol–water partition coefficient (Wildman–Crippen LogP) is 2.42. The van der Waals surface area contributed by atoms with Gasteiger partial charge in [0.2, 0.25) is 5.91 Å². The van der Waals surface area contributed by atoms with Crippen LogP contribution in [0.1, 0.15) is 43.6 Å². The van der Waals surface area contributed by atoms with Gasteiger partial charge in [0.05, 0.1) is 0 Å². The van der Waals surface area contributed by atoms with Crippen molar-refractivity contribution in [1.29, 1.82) is 0 Å². The molecule has 1 aromatic rings. The first kappa shape index (κ1) is 12.8. The second-order valence-electron chi connectivity index (χ2n) is 4.87. The van der Waals surface area contributed by atoms with Gasteiger partial charge in [-0.1, -0.05) is 49.6 Å². The quantitative estimate of drug-likeness (QED) is 0.654. The fourth-order valence-electron chi connectivity index (χ4n) is 2.49. The van der Waals surface area contributed by atoms with Gasteiger partial charge in [0.15, 0.2) is 0 Å². The zero-order valence-corrected chi connectivity index (χ0v) is 10.5. The van der Waals surface area contributed by atoms with Gasteiger partial charge in [-0.25, -0.2) is 0 Å². The van der Waals surface area contributed by atoms with E-state index in [9.17, 15) is 9.59 Å². The summed E-state index contributed by atoms with van der Waals surface area (Å²) in [5, 5.41) is 3.00. The molecular weight excluding hydrogens is 226 g/mol. The van der Waals surface area contributed by atoms with Gasteiger partial charge in [-0.2, -0.15) is 0 Å². The number of carbonyl (C=O) groups excluding carboxylic acids is 2. The zero-order chi connectivity index (χ0) is 12.8. The number of rotatable bonds is 4. The van der Waals surface area contributed by atoms with Crippen LogP contribution in [0.25, 0.3) is 0 Å². The average molecular weight is 245 g/mol. The van der Waals surface area contributed by atoms with Gasteiger partial charge >= 0.3 is 0 Å². The maximum absolute atomic E-state index is 12.1. The standard InChI is InChI=1S/C15H19NO2/c17-11-14(12-7-3-1-4-8-12)15(18)16-13-9-5-2-6-10-13/h1,3-4,7-8,11,13-14H,2,5-6,9-10H2,(H,16,18). The second-order valence-corrected chi connectivity index (χ2v) is 4.87. The molecule has 1 amide bonds. The number of nitrogens with one attached hydrogen (secondary N) is 1. The summed E-state index contributed by atoms with van der Waals surface area (Å²) < 4.78 is 0. The summed E-state index contributed by atoms with van der Waals surface area (Å²) in [6, 6.07) is 9.46. The lowest BCUT2D eigenvalue weighted by Gasteiger charge is -2.24. The number of carbonyl (C=O) groups is 2. The Balaban J connectivity index is 1.99. The molecule has 1 atom stereocenters. The van der Waals surface area contributed by atoms with Crippen LogP contribution in [-0.2, 0) is 9.59 Å². The summed E-state index contributed by atoms with van der Waals surface area (Å²) in [6.45, 7) is 0. The third-order valence-electron chi connectivity index (χ3n) is 3.53. The van der Waals surface area contributed by atoms with Crippen LogP contribution >= 0.6 is 0 Å². The largest absolute Gasteiger partial charge is 0.352 e. The predicted molar refractivity (Wildman–Crippen MR) is 70.3 cm³/mol. The molecule has 1 fully saturated rings. The summed E-state index contributed by atoms with van der Waals surface area (Å²) in [4.78, 5) is 23.2. The molecule has 0 aromatic heterocycles. The SMILES string of the molecule is O=CC(C(=O)NC1CCCCC1)c1ccccc1. The van der Waals surface area contributed by atoms with Crippen LogP contribution in [0, 0.1) is 0 Å². The topological polar surface area (TPSA) is 46.2 Å². The molecule has 96 valence electrons. The fourth-order valence-corrected chi connectivity index (χ4v) is 2.49. The number of amides is 1. The Morgan fingerprint density at radius 1 is 1.17 bits per heavy atom. The van der Waals surface area contributed by atoms with Crippen molar-refractivity contribution in [3.8, 4) is 0 Å². The molecule has 1 aromatic carbocycles. The van der Waals surface area contributed by atoms with E-state index in [4.69, 9.17) is 0 Å². The monoisotopic (exact) mass is 245 g/mol. The summed E-state index contributed by atoms with van der Waals surface area (Å²) in [7, 11) is 0. The molecule has 0 spiro atoms. The minimum absolute atomic E-state index is 0.164. The lowest BCUT2D eigenvalue weighted by atomic mass is 9.94. The lowest BCUT2D eigenvalue weighted by molar-refractivity contribution is -0.126. The van der Waals surface area contributed by atoms with Crippen LogP contribution in [-0.4, -0.2) is 18.2 Å². The molecular formula is C15H19NO2. The van der Waals surface area contributed by atoms with Crippen molar-refractivity contribution >= 4 is 12.2 Å². The molecule has 0 radical (unpaired) electrons. The highest BCUT2D eigenvalue weighted by Crippen LogP contribution is 2.19. The summed E-state index contributed by atoms with van der Waals surface area (Å²) in [5.74, 6) is -0.837. The lowest BCUT2D eigenvalue weighted by Crippen LogP contribution is -2.39. The minimum Gasteiger partial charge on any atom is -0.352 e. The van der Waals surface area contributed by atoms with Crippen LogP contribution in [0.2, 0.25) is 0 Å². The Hall–Kier alpha value is -1.64. The molecule has 1 aliphatic carbocycles. The molecule has 2 rings (SSSR count). The van der Waals surface area contributed by atoms with Crippen LogP contribution in [0.3, 0.4) is 0 Å². The maximum Gasteiger partial charge on any atom is 0.234 e. The van der Waals surface area contributed by atoms with Gasteiger partial charge in [0, 0.05) is 6.04 Å². The van der Waals surface area contributed by atoms with Gasteiger partial charge in [0.1, 0.15) is 12.2 Å². The maximum atomic E-state index is 12.1. The Kier molecular flexibility index (Phi) is 4.51. The van der Waals surface area contributed by atoms with E-state index in [0.29, 0.717) is 0 Å². The molecule has 0 saturated heterocycles. The van der Waals surface area contributed by atoms with Crippen LogP contribution < -0.4 is 5.32 Å². The number of aldehydes is 1. The Labute approximate surface area is 108 Å². The zero-order valence-electron chi connectivity index (χ0n) is 10.5. The van der Waals surface area contributed by atoms with E-state index in [2.05, 4.69) is 5.32 Å². The van der Waals surface area contributed by atoms with Gasteiger partial charge in [-0.05, 0) is 18.4 Å². The van der Waals surface area contributed by atoms with E-state index >= 15 is 0 Å². The molecule has 1 unspecified atom stereocenters. The molecule has 1 N–H and O–H groups in total. The molecule has 3 nitrogen and oxygen atoms in total. The first-order valence-corrected chi connectivity index (χ1v) is 6.62. The van der Waals surface area contributed by atoms with E-state index in [1.807, 2.05) is 30.3 Å². The Bertz CT molecular complexity index is 396. The Morgan fingerprint density at radius 3 is 2.44 bits per heavy atom. The third kappa shape index (κ3) is 3.19. The van der Waals surface area contributed by atoms with E-state index in [0.717, 1.165) is 24.7 Å². The van der Waals surface area contributed by atoms with E-state index in [-0.39, 0.29) is 11.9 Å². The smallest absolute Gasteiger partial charge is 0.234 e. The van der Waals surface area contributed by atoms with Crippen molar-refractivity contribution in [2.24, 2.45) is 0 Å². The number of hydrogen-bond donors (Lipinski definition) is 1. The van der Waals surface area contributed by atoms with Crippen molar-refractivity contribution in [2.75, 3.05) is 0 Å². The van der Waals surface area contributed by atoms with Gasteiger partial charge < -0.3 is 10.1 Å². The Morgan fingerprint density at radius 2 is 1.83 bits per heavy atom. The van der Waals surface area contributed by atoms with Crippen molar-refractivity contribution in [1.82, 2.24) is 5.32 Å². The van der Waals surface area contributed by atoms with Crippen molar-refractivity contribution in [3.63, 3.8) is 0 Å². The summed E-state index contributed by atoms with van der Waals surface area (Å²) in [6.07, 6.45) is 6.39. The average Bonchev–Trinajstić information content (AvgIpc) is 2.42. The van der Waals surface area contributed by atoms with Crippen molar-refractivity contribution in [2.45, 2.75) is 44.1 Å². The number of hydrogen-bond acceptors (Lipinski definition) is 2. The highest BCUT2D eigenvalue weighted by atomic mass is 16.2. The van der Waals surface area contributed by atoms with Crippen LogP contribution in [0.5, 0.6) is 0 Å². The normalized spacial score (nSPS) is 18.0. The van der Waals surface area contributed by atoms with Gasteiger partial charge in [-0.15, -0.1) is 0 Å². The van der Waals surface area contributed by atoms with Crippen LogP contribution in [0.15, 0.2) is 30.3 Å². The molecule has 0 aliphatic heterocycles. The van der Waals surface area contributed by atoms with Crippen LogP contribution in [0.4, 0.5) is 0 Å². The first-order valence-electron chi connectivity index (χ1n) is 6.62. The second kappa shape index (κ2) is 6.34. The minimum atomic E-state index is -0.673. The number of benzene rings is 1. The van der Waals surface area contributed by atoms with E-state index in [1.165, 1.54) is 19.3 Å². The van der Waals surface area contributed by atoms with Gasteiger partial charge in [-0.3, -0.25) is 4.79 Å². The molecule has 1 saturated carbocycles. The molecule has 3 heteroatoms. The summed E-state index contributed by atoms with van der Waals surface area (Å²) in [5.41, 5.74) is 0.765. The van der Waals surface area contributed by atoms with E-state index in [1.54, 1.807) is 0 Å². The first-order chi connectivity index (χ1) is 8.81. The van der Waals surface area contributed by atoms with Crippen molar-refractivity contribution < 1.29 is 9.59 Å².